The van der Waals surface area contributed by atoms with E-state index in [1.165, 1.54) is 18.5 Å². The molecular formula is C23H30FN7O2. The van der Waals surface area contributed by atoms with Crippen molar-refractivity contribution in [2.45, 2.75) is 43.8 Å². The van der Waals surface area contributed by atoms with Crippen LogP contribution in [0.1, 0.15) is 31.2 Å². The van der Waals surface area contributed by atoms with Gasteiger partial charge in [-0.3, -0.25) is 10.2 Å². The summed E-state index contributed by atoms with van der Waals surface area (Å²) in [6, 6.07) is 10.1. The number of benzene rings is 1. The molecule has 1 aromatic heterocycles. The van der Waals surface area contributed by atoms with Gasteiger partial charge in [0.1, 0.15) is 11.6 Å². The van der Waals surface area contributed by atoms with Crippen molar-refractivity contribution in [1.29, 1.82) is 5.41 Å². The van der Waals surface area contributed by atoms with Gasteiger partial charge in [-0.25, -0.2) is 4.98 Å². The molecule has 33 heavy (non-hydrogen) atoms. The molecule has 176 valence electrons. The minimum Gasteiger partial charge on any atom is -0.508 e. The van der Waals surface area contributed by atoms with E-state index >= 15 is 0 Å². The number of halogens is 1. The molecule has 2 aromatic rings. The van der Waals surface area contributed by atoms with Crippen LogP contribution < -0.4 is 27.4 Å². The fourth-order valence-corrected chi connectivity index (χ4v) is 3.89. The van der Waals surface area contributed by atoms with E-state index in [-0.39, 0.29) is 22.8 Å². The molecule has 1 fully saturated rings. The van der Waals surface area contributed by atoms with E-state index in [9.17, 15) is 14.3 Å². The molecule has 0 spiro atoms. The highest BCUT2D eigenvalue weighted by atomic mass is 19.1. The number of anilines is 1. The lowest BCUT2D eigenvalue weighted by atomic mass is 9.79. The molecule has 3 rings (SSSR count). The second-order valence-electron chi connectivity index (χ2n) is 8.24. The monoisotopic (exact) mass is 455 g/mol. The highest BCUT2D eigenvalue weighted by Gasteiger charge is 2.33. The van der Waals surface area contributed by atoms with Crippen LogP contribution in [-0.2, 0) is 11.3 Å². The molecule has 0 saturated heterocycles. The number of hydrogen-bond donors (Lipinski definition) is 7. The molecule has 1 amide bonds. The van der Waals surface area contributed by atoms with Crippen LogP contribution in [0.2, 0.25) is 0 Å². The van der Waals surface area contributed by atoms with E-state index in [1.807, 2.05) is 12.1 Å². The van der Waals surface area contributed by atoms with Crippen LogP contribution in [0.25, 0.3) is 0 Å². The number of pyridine rings is 1. The molecule has 1 aliphatic rings. The zero-order valence-electron chi connectivity index (χ0n) is 18.3. The predicted molar refractivity (Wildman–Crippen MR) is 125 cm³/mol. The van der Waals surface area contributed by atoms with Gasteiger partial charge in [-0.15, -0.1) is 0 Å². The molecule has 9 nitrogen and oxygen atoms in total. The van der Waals surface area contributed by atoms with Crippen molar-refractivity contribution in [3.63, 3.8) is 0 Å². The average Bonchev–Trinajstić information content (AvgIpc) is 2.78. The molecule has 1 aliphatic carbocycles. The van der Waals surface area contributed by atoms with E-state index in [0.717, 1.165) is 37.3 Å². The Hall–Kier alpha value is -3.50. The lowest BCUT2D eigenvalue weighted by Crippen LogP contribution is -2.53. The third-order valence-corrected chi connectivity index (χ3v) is 5.89. The second-order valence-corrected chi connectivity index (χ2v) is 8.24. The Kier molecular flexibility index (Phi) is 7.96. The molecule has 0 radical (unpaired) electrons. The second kappa shape index (κ2) is 10.9. The summed E-state index contributed by atoms with van der Waals surface area (Å²) >= 11 is 0. The van der Waals surface area contributed by atoms with Crippen LogP contribution in [0.4, 0.5) is 10.1 Å². The fraction of sp³-hybridized carbons (Fsp3) is 0.348. The zero-order chi connectivity index (χ0) is 23.8. The van der Waals surface area contributed by atoms with Crippen molar-refractivity contribution in [2.75, 3.05) is 11.9 Å². The maximum atomic E-state index is 13.3. The molecule has 1 aromatic carbocycles. The number of amides is 1. The predicted octanol–water partition coefficient (Wildman–Crippen LogP) is 1.70. The number of nitrogens with zero attached hydrogens (tertiary/aromatic N) is 1. The first-order valence-electron chi connectivity index (χ1n) is 10.8. The highest BCUT2D eigenvalue weighted by Crippen LogP contribution is 2.28. The van der Waals surface area contributed by atoms with Crippen LogP contribution in [0.3, 0.4) is 0 Å². The summed E-state index contributed by atoms with van der Waals surface area (Å²) in [6.45, 7) is 1.01. The summed E-state index contributed by atoms with van der Waals surface area (Å²) in [6.07, 6.45) is 5.94. The number of nitrogens with one attached hydrogen (secondary N) is 4. The molecule has 10 heteroatoms. The molecular weight excluding hydrogens is 425 g/mol. The van der Waals surface area contributed by atoms with E-state index < -0.39 is 17.4 Å². The number of carbonyl (C=O) groups is 1. The third-order valence-electron chi connectivity index (χ3n) is 5.89. The van der Waals surface area contributed by atoms with E-state index in [4.69, 9.17) is 16.9 Å². The Bertz CT molecular complexity index is 1020. The fourth-order valence-electron chi connectivity index (χ4n) is 3.89. The molecule has 1 saturated carbocycles. The van der Waals surface area contributed by atoms with Crippen LogP contribution in [0, 0.1) is 11.4 Å². The van der Waals surface area contributed by atoms with E-state index in [1.54, 1.807) is 12.1 Å². The number of carbonyl (C=O) groups excluding carboxylic acids is 1. The normalized spacial score (nSPS) is 20.8. The number of phenols is 1. The van der Waals surface area contributed by atoms with Crippen LogP contribution in [-0.4, -0.2) is 40.0 Å². The highest BCUT2D eigenvalue weighted by molar-refractivity contribution is 6.23. The van der Waals surface area contributed by atoms with Gasteiger partial charge in [-0.2, -0.15) is 4.39 Å². The van der Waals surface area contributed by atoms with Gasteiger partial charge in [0.25, 0.3) is 5.91 Å². The minimum atomic E-state index is -0.789. The average molecular weight is 456 g/mol. The van der Waals surface area contributed by atoms with Gasteiger partial charge in [0.2, 0.25) is 5.95 Å². The number of amidine groups is 1. The Labute approximate surface area is 192 Å². The molecule has 0 bridgehead atoms. The largest absolute Gasteiger partial charge is 0.508 e. The Morgan fingerprint density at radius 2 is 2.06 bits per heavy atom. The van der Waals surface area contributed by atoms with Crippen LogP contribution in [0.15, 0.2) is 54.4 Å². The Morgan fingerprint density at radius 3 is 2.70 bits per heavy atom. The summed E-state index contributed by atoms with van der Waals surface area (Å²) in [5.41, 5.74) is 12.4. The van der Waals surface area contributed by atoms with Crippen LogP contribution >= 0.6 is 0 Å². The Balaban J connectivity index is 1.58. The summed E-state index contributed by atoms with van der Waals surface area (Å²) in [7, 11) is 0. The molecule has 0 atom stereocenters. The Morgan fingerprint density at radius 1 is 1.30 bits per heavy atom. The third kappa shape index (κ3) is 6.74. The van der Waals surface area contributed by atoms with Gasteiger partial charge in [-0.05, 0) is 49.4 Å². The molecule has 1 heterocycles. The van der Waals surface area contributed by atoms with Gasteiger partial charge >= 0.3 is 0 Å². The van der Waals surface area contributed by atoms with Gasteiger partial charge < -0.3 is 32.5 Å². The van der Waals surface area contributed by atoms with E-state index in [0.29, 0.717) is 19.1 Å². The number of hydrogen-bond acceptors (Lipinski definition) is 7. The van der Waals surface area contributed by atoms with Gasteiger partial charge in [0.05, 0.1) is 5.57 Å². The quantitative estimate of drug-likeness (QED) is 0.131. The maximum Gasteiger partial charge on any atom is 0.253 e. The van der Waals surface area contributed by atoms with Crippen molar-refractivity contribution in [3.8, 4) is 5.75 Å². The van der Waals surface area contributed by atoms with Gasteiger partial charge in [0.15, 0.2) is 0 Å². The number of nitrogens with two attached hydrogens (primary N) is 2. The van der Waals surface area contributed by atoms with Gasteiger partial charge in [0, 0.05) is 48.8 Å². The first-order chi connectivity index (χ1) is 15.8. The summed E-state index contributed by atoms with van der Waals surface area (Å²) in [5, 5.41) is 27.2. The van der Waals surface area contributed by atoms with Crippen molar-refractivity contribution >= 4 is 17.4 Å². The first-order valence-corrected chi connectivity index (χ1v) is 10.8. The lowest BCUT2D eigenvalue weighted by molar-refractivity contribution is -0.114. The topological polar surface area (TPSA) is 162 Å². The van der Waals surface area contributed by atoms with Crippen molar-refractivity contribution < 1.29 is 14.3 Å². The zero-order valence-corrected chi connectivity index (χ0v) is 18.3. The smallest absolute Gasteiger partial charge is 0.253 e. The molecule has 0 unspecified atom stereocenters. The number of primary amides is 1. The number of aromatic nitrogens is 1. The SMILES string of the molecule is N=C(Nc1ccnc(F)c1)/C(=C\NC1(CN)CCC(NCc2cccc(O)c2)CC1)C(N)=O. The number of rotatable bonds is 9. The number of aromatic hydroxyl groups is 1. The van der Waals surface area contributed by atoms with Gasteiger partial charge in [-0.1, -0.05) is 12.1 Å². The standard InChI is InChI=1S/C23H30FN7O2/c24-20-11-17(6-9-28-20)31-21(26)19(22(27)33)13-30-23(14-25)7-4-16(5-8-23)29-12-15-2-1-3-18(32)10-15/h1-3,6,9-11,13,16,29-30,32H,4-5,7-8,12,14,25H2,(H2,27,33)(H2,26,28,31)/b19-13+. The summed E-state index contributed by atoms with van der Waals surface area (Å²) < 4.78 is 13.3. The van der Waals surface area contributed by atoms with Crippen molar-refractivity contribution in [2.24, 2.45) is 11.5 Å². The van der Waals surface area contributed by atoms with E-state index in [2.05, 4.69) is 20.9 Å². The van der Waals surface area contributed by atoms with Crippen molar-refractivity contribution in [3.05, 3.63) is 65.9 Å². The maximum absolute atomic E-state index is 13.3. The van der Waals surface area contributed by atoms with Crippen molar-refractivity contribution in [1.82, 2.24) is 15.6 Å². The molecule has 9 N–H and O–H groups in total. The summed E-state index contributed by atoms with van der Waals surface area (Å²) in [5.74, 6) is -1.50. The number of phenolic OH excluding ortho intramolecular Hbond substituents is 1. The minimum absolute atomic E-state index is 0.0656. The summed E-state index contributed by atoms with van der Waals surface area (Å²) in [4.78, 5) is 15.4. The molecule has 0 aliphatic heterocycles. The lowest BCUT2D eigenvalue weighted by Gasteiger charge is -2.40. The first kappa shape index (κ1) is 24.1. The van der Waals surface area contributed by atoms with Crippen LogP contribution in [0.5, 0.6) is 5.75 Å².